The Kier molecular flexibility index (Phi) is 6.49. The third-order valence-electron chi connectivity index (χ3n) is 5.48. The summed E-state index contributed by atoms with van der Waals surface area (Å²) in [4.78, 5) is 31.5. The van der Waals surface area contributed by atoms with E-state index in [1.54, 1.807) is 24.3 Å². The number of amides is 1. The van der Waals surface area contributed by atoms with Crippen molar-refractivity contribution >= 4 is 45.7 Å². The first kappa shape index (κ1) is 23.6. The van der Waals surface area contributed by atoms with Gasteiger partial charge in [0.2, 0.25) is 5.13 Å². The Morgan fingerprint density at radius 3 is 2.39 bits per heavy atom. The minimum Gasteiger partial charge on any atom is -0.508 e. The Bertz CT molecular complexity index is 1460. The summed E-state index contributed by atoms with van der Waals surface area (Å²) in [5.74, 6) is -1.85. The summed E-state index contributed by atoms with van der Waals surface area (Å²) in [6, 6.07) is 14.2. The lowest BCUT2D eigenvalue weighted by molar-refractivity contribution is -0.132. The zero-order valence-electron chi connectivity index (χ0n) is 18.4. The van der Waals surface area contributed by atoms with E-state index in [1.165, 1.54) is 65.5 Å². The number of hydrogen-bond donors (Lipinski definition) is 2. The van der Waals surface area contributed by atoms with E-state index in [0.29, 0.717) is 21.2 Å². The van der Waals surface area contributed by atoms with Gasteiger partial charge in [0.25, 0.3) is 5.78 Å². The summed E-state index contributed by atoms with van der Waals surface area (Å²) < 4.78 is 13.7. The van der Waals surface area contributed by atoms with E-state index in [-0.39, 0.29) is 28.0 Å². The smallest absolute Gasteiger partial charge is 0.301 e. The number of anilines is 1. The molecule has 5 rings (SSSR count). The number of carbonyl (C=O) groups is 2. The van der Waals surface area contributed by atoms with Gasteiger partial charge in [-0.25, -0.2) is 4.39 Å². The first-order valence-electron chi connectivity index (χ1n) is 10.6. The van der Waals surface area contributed by atoms with Crippen molar-refractivity contribution in [2.45, 2.75) is 16.1 Å². The van der Waals surface area contributed by atoms with Crippen LogP contribution in [0.3, 0.4) is 0 Å². The van der Waals surface area contributed by atoms with Crippen LogP contribution in [0.5, 0.6) is 5.75 Å². The molecule has 8 nitrogen and oxygen atoms in total. The number of carbonyl (C=O) groups excluding carboxylic acids is 2. The number of aliphatic hydroxyl groups is 1. The summed E-state index contributed by atoms with van der Waals surface area (Å²) in [5.41, 5.74) is 1.62. The fourth-order valence-electron chi connectivity index (χ4n) is 3.75. The lowest BCUT2D eigenvalue weighted by Gasteiger charge is -2.22. The number of pyridine rings is 1. The molecule has 1 fully saturated rings. The number of phenolic OH excluding ortho intramolecular Hbond substituents is 1. The van der Waals surface area contributed by atoms with Crippen molar-refractivity contribution in [2.75, 3.05) is 4.90 Å². The summed E-state index contributed by atoms with van der Waals surface area (Å²) in [5, 5.41) is 29.3. The van der Waals surface area contributed by atoms with Crippen molar-refractivity contribution in [1.29, 1.82) is 0 Å². The van der Waals surface area contributed by atoms with Gasteiger partial charge in [0.15, 0.2) is 4.34 Å². The number of phenols is 1. The second kappa shape index (κ2) is 9.88. The standard InChI is InChI=1S/C25H17FN4O4S2/c26-17-5-1-14(2-6-17)13-35-25-29-28-24(36-25)30-20(15-3-7-18(31)8-4-15)19(22(33)23(30)34)21(32)16-9-11-27-12-10-16/h1-12,20,31-32H,13H2/b21-19+. The molecule has 0 bridgehead atoms. The van der Waals surface area contributed by atoms with Gasteiger partial charge < -0.3 is 10.2 Å². The average Bonchev–Trinajstić information content (AvgIpc) is 3.46. The van der Waals surface area contributed by atoms with Crippen molar-refractivity contribution in [3.05, 3.63) is 101 Å². The molecule has 2 N–H and O–H groups in total. The highest BCUT2D eigenvalue weighted by Crippen LogP contribution is 2.44. The Morgan fingerprint density at radius 2 is 1.69 bits per heavy atom. The molecular formula is C25H17FN4O4S2. The molecule has 1 saturated heterocycles. The fourth-order valence-corrected chi connectivity index (χ4v) is 5.57. The minimum absolute atomic E-state index is 0.0141. The number of ketones is 1. The van der Waals surface area contributed by atoms with E-state index in [0.717, 1.165) is 16.9 Å². The second-order valence-electron chi connectivity index (χ2n) is 7.76. The Labute approximate surface area is 212 Å². The van der Waals surface area contributed by atoms with Gasteiger partial charge in [-0.2, -0.15) is 0 Å². The Morgan fingerprint density at radius 1 is 1.00 bits per heavy atom. The van der Waals surface area contributed by atoms with Crippen LogP contribution in [0.4, 0.5) is 9.52 Å². The summed E-state index contributed by atoms with van der Waals surface area (Å²) in [6.07, 6.45) is 2.94. The minimum atomic E-state index is -0.985. The van der Waals surface area contributed by atoms with E-state index in [9.17, 15) is 24.2 Å². The quantitative estimate of drug-likeness (QED) is 0.124. The van der Waals surface area contributed by atoms with Crippen LogP contribution >= 0.6 is 23.1 Å². The maximum absolute atomic E-state index is 13.2. The predicted octanol–water partition coefficient (Wildman–Crippen LogP) is 4.70. The lowest BCUT2D eigenvalue weighted by Crippen LogP contribution is -2.29. The van der Waals surface area contributed by atoms with Gasteiger partial charge in [-0.1, -0.05) is 47.4 Å². The highest BCUT2D eigenvalue weighted by atomic mass is 32.2. The van der Waals surface area contributed by atoms with E-state index in [2.05, 4.69) is 15.2 Å². The normalized spacial score (nSPS) is 17.0. The molecule has 1 unspecified atom stereocenters. The topological polar surface area (TPSA) is 117 Å². The molecule has 1 atom stereocenters. The number of halogens is 1. The molecular weight excluding hydrogens is 503 g/mol. The number of rotatable bonds is 6. The van der Waals surface area contributed by atoms with Crippen LogP contribution in [0.25, 0.3) is 5.76 Å². The number of nitrogens with zero attached hydrogens (tertiary/aromatic N) is 4. The van der Waals surface area contributed by atoms with Crippen LogP contribution < -0.4 is 4.90 Å². The maximum atomic E-state index is 13.2. The summed E-state index contributed by atoms with van der Waals surface area (Å²) >= 11 is 2.49. The van der Waals surface area contributed by atoms with Crippen LogP contribution in [0.15, 0.2) is 83.0 Å². The fraction of sp³-hybridized carbons (Fsp3) is 0.0800. The van der Waals surface area contributed by atoms with Crippen molar-refractivity contribution in [1.82, 2.24) is 15.2 Å². The highest BCUT2D eigenvalue weighted by Gasteiger charge is 2.48. The first-order valence-corrected chi connectivity index (χ1v) is 12.4. The third-order valence-corrected chi connectivity index (χ3v) is 7.61. The van der Waals surface area contributed by atoms with E-state index >= 15 is 0 Å². The predicted molar refractivity (Wildman–Crippen MR) is 133 cm³/mol. The van der Waals surface area contributed by atoms with Gasteiger partial charge in [-0.05, 0) is 47.5 Å². The van der Waals surface area contributed by atoms with Crippen LogP contribution in [0.2, 0.25) is 0 Å². The molecule has 0 spiro atoms. The number of aliphatic hydroxyl groups excluding tert-OH is 1. The molecule has 2 aromatic carbocycles. The van der Waals surface area contributed by atoms with Gasteiger partial charge in [-0.3, -0.25) is 19.5 Å². The number of Topliss-reactive ketones (excluding diaryl/α,β-unsaturated/α-hetero) is 1. The number of aromatic hydroxyl groups is 1. The Balaban J connectivity index is 1.52. The molecule has 0 saturated carbocycles. The molecule has 4 aromatic rings. The largest absolute Gasteiger partial charge is 0.508 e. The number of thioether (sulfide) groups is 1. The van der Waals surface area contributed by atoms with E-state index in [4.69, 9.17) is 0 Å². The zero-order valence-corrected chi connectivity index (χ0v) is 20.0. The summed E-state index contributed by atoms with van der Waals surface area (Å²) in [6.45, 7) is 0. The number of benzene rings is 2. The van der Waals surface area contributed by atoms with Crippen molar-refractivity contribution in [3.63, 3.8) is 0 Å². The molecule has 2 aromatic heterocycles. The highest BCUT2D eigenvalue weighted by molar-refractivity contribution is 8.00. The molecule has 180 valence electrons. The molecule has 0 radical (unpaired) electrons. The maximum Gasteiger partial charge on any atom is 0.301 e. The molecule has 1 aliphatic heterocycles. The van der Waals surface area contributed by atoms with Gasteiger partial charge in [-0.15, -0.1) is 10.2 Å². The van der Waals surface area contributed by atoms with Gasteiger partial charge in [0, 0.05) is 23.7 Å². The van der Waals surface area contributed by atoms with Gasteiger partial charge in [0.05, 0.1) is 11.6 Å². The van der Waals surface area contributed by atoms with Crippen LogP contribution in [0.1, 0.15) is 22.7 Å². The van der Waals surface area contributed by atoms with Crippen LogP contribution in [-0.2, 0) is 15.3 Å². The average molecular weight is 521 g/mol. The van der Waals surface area contributed by atoms with Crippen LogP contribution in [-0.4, -0.2) is 37.1 Å². The zero-order chi connectivity index (χ0) is 25.2. The second-order valence-corrected chi connectivity index (χ2v) is 9.94. The van der Waals surface area contributed by atoms with Gasteiger partial charge in [0.1, 0.15) is 17.3 Å². The third kappa shape index (κ3) is 4.58. The first-order chi connectivity index (χ1) is 17.4. The van der Waals surface area contributed by atoms with E-state index < -0.39 is 17.7 Å². The lowest BCUT2D eigenvalue weighted by atomic mass is 9.95. The summed E-state index contributed by atoms with van der Waals surface area (Å²) in [7, 11) is 0. The van der Waals surface area contributed by atoms with Gasteiger partial charge >= 0.3 is 5.91 Å². The molecule has 3 heterocycles. The molecule has 1 aliphatic rings. The Hall–Kier alpha value is -4.09. The molecule has 11 heteroatoms. The number of aromatic nitrogens is 3. The molecule has 1 amide bonds. The SMILES string of the molecule is O=C1C(=O)N(c2nnc(SCc3ccc(F)cc3)s2)C(c2ccc(O)cc2)/C1=C(\O)c1ccncc1. The molecule has 36 heavy (non-hydrogen) atoms. The molecule has 0 aliphatic carbocycles. The van der Waals surface area contributed by atoms with Crippen molar-refractivity contribution < 1.29 is 24.2 Å². The van der Waals surface area contributed by atoms with Crippen molar-refractivity contribution in [2.24, 2.45) is 0 Å². The monoisotopic (exact) mass is 520 g/mol. The van der Waals surface area contributed by atoms with Crippen LogP contribution in [0, 0.1) is 5.82 Å². The van der Waals surface area contributed by atoms with Crippen molar-refractivity contribution in [3.8, 4) is 5.75 Å². The van der Waals surface area contributed by atoms with E-state index in [1.807, 2.05) is 0 Å². The number of hydrogen-bond acceptors (Lipinski definition) is 9.